The first kappa shape index (κ1) is 19.7. The molecule has 1 aromatic carbocycles. The maximum atomic E-state index is 11.8. The van der Waals surface area contributed by atoms with Crippen LogP contribution in [0.4, 0.5) is 4.79 Å². The Morgan fingerprint density at radius 1 is 1.41 bits per heavy atom. The molecule has 2 amide bonds. The minimum Gasteiger partial charge on any atom is -0.396 e. The molecule has 0 fully saturated rings. The Morgan fingerprint density at radius 2 is 2.21 bits per heavy atom. The van der Waals surface area contributed by atoms with E-state index in [0.29, 0.717) is 35.4 Å². The maximum Gasteiger partial charge on any atom is 0.320 e. The quantitative estimate of drug-likeness (QED) is 0.587. The smallest absolute Gasteiger partial charge is 0.320 e. The van der Waals surface area contributed by atoms with Gasteiger partial charge in [0.25, 0.3) is 0 Å². The first-order valence-electron chi connectivity index (χ1n) is 8.86. The Bertz CT molecular complexity index is 1020. The van der Waals surface area contributed by atoms with Crippen LogP contribution in [0.1, 0.15) is 23.9 Å². The minimum absolute atomic E-state index is 0.138. The Hall–Kier alpha value is -4.02. The minimum atomic E-state index is -0.403. The summed E-state index contributed by atoms with van der Waals surface area (Å²) < 4.78 is 0. The normalized spacial score (nSPS) is 16.6. The average molecular weight is 394 g/mol. The first-order chi connectivity index (χ1) is 13.9. The van der Waals surface area contributed by atoms with Gasteiger partial charge in [-0.25, -0.2) is 19.9 Å². The van der Waals surface area contributed by atoms with Crippen LogP contribution in [0, 0.1) is 6.92 Å². The number of H-pyrrole nitrogens is 1. The number of amidine groups is 2. The summed E-state index contributed by atoms with van der Waals surface area (Å²) in [6.45, 7) is 8.06. The summed E-state index contributed by atoms with van der Waals surface area (Å²) in [5.74, 6) is 1.33. The van der Waals surface area contributed by atoms with Crippen molar-refractivity contribution in [3.8, 4) is 0 Å². The van der Waals surface area contributed by atoms with Crippen LogP contribution in [0.3, 0.4) is 0 Å². The lowest BCUT2D eigenvalue weighted by molar-refractivity contribution is 0.244. The molecule has 0 radical (unpaired) electrons. The summed E-state index contributed by atoms with van der Waals surface area (Å²) in [6, 6.07) is 7.32. The van der Waals surface area contributed by atoms with E-state index < -0.39 is 6.03 Å². The Labute approximate surface area is 167 Å². The third-order valence-electron chi connectivity index (χ3n) is 4.04. The number of hydrogen-bond donors (Lipinski definition) is 4. The van der Waals surface area contributed by atoms with Crippen LogP contribution in [-0.4, -0.2) is 56.8 Å². The van der Waals surface area contributed by atoms with Crippen molar-refractivity contribution >= 4 is 23.4 Å². The van der Waals surface area contributed by atoms with Gasteiger partial charge in [-0.1, -0.05) is 30.3 Å². The van der Waals surface area contributed by atoms with Gasteiger partial charge in [-0.3, -0.25) is 5.32 Å². The molecule has 1 aliphatic rings. The van der Waals surface area contributed by atoms with Crippen LogP contribution >= 0.6 is 0 Å². The van der Waals surface area contributed by atoms with E-state index in [0.717, 1.165) is 11.1 Å². The lowest BCUT2D eigenvalue weighted by atomic mass is 10.1. The molecule has 5 N–H and O–H groups in total. The third kappa shape index (κ3) is 4.29. The van der Waals surface area contributed by atoms with Crippen molar-refractivity contribution in [3.05, 3.63) is 59.3 Å². The zero-order valence-electron chi connectivity index (χ0n) is 16.4. The van der Waals surface area contributed by atoms with E-state index >= 15 is 0 Å². The van der Waals surface area contributed by atoms with Crippen LogP contribution in [-0.2, 0) is 0 Å². The molecule has 1 aromatic heterocycles. The molecule has 29 heavy (non-hydrogen) atoms. The monoisotopic (exact) mass is 394 g/mol. The number of tetrazole rings is 1. The second-order valence-electron chi connectivity index (χ2n) is 6.24. The lowest BCUT2D eigenvalue weighted by Crippen LogP contribution is -2.35. The second kappa shape index (κ2) is 8.33. The number of aryl methyl sites for hydroxylation is 1. The van der Waals surface area contributed by atoms with Crippen LogP contribution in [0.2, 0.25) is 0 Å². The number of urea groups is 1. The molecule has 0 spiro atoms. The number of carbonyl (C=O) groups excluding carboxylic acids is 1. The SMILES string of the molecule is C=C(/N=C1\C(=C(/N)c2cccc(C)c2)N=C(c2nnn[nH]2)N1C)NC(=O)NCC. The fourth-order valence-electron chi connectivity index (χ4n) is 2.71. The van der Waals surface area contributed by atoms with Gasteiger partial charge in [0, 0.05) is 13.6 Å². The number of aromatic nitrogens is 4. The molecule has 0 atom stereocenters. The van der Waals surface area contributed by atoms with Crippen molar-refractivity contribution < 1.29 is 4.79 Å². The Morgan fingerprint density at radius 3 is 2.86 bits per heavy atom. The van der Waals surface area contributed by atoms with Crippen molar-refractivity contribution in [2.75, 3.05) is 13.6 Å². The highest BCUT2D eigenvalue weighted by atomic mass is 16.2. The van der Waals surface area contributed by atoms with Crippen LogP contribution in [0.5, 0.6) is 0 Å². The number of aliphatic imine (C=N–C) groups is 2. The molecule has 2 heterocycles. The van der Waals surface area contributed by atoms with Crippen molar-refractivity contribution in [2.24, 2.45) is 15.7 Å². The topological polar surface area (TPSA) is 150 Å². The highest BCUT2D eigenvalue weighted by molar-refractivity contribution is 6.21. The van der Waals surface area contributed by atoms with E-state index in [2.05, 4.69) is 47.8 Å². The van der Waals surface area contributed by atoms with Gasteiger partial charge in [-0.15, -0.1) is 5.10 Å². The number of nitrogens with zero attached hydrogens (tertiary/aromatic N) is 6. The highest BCUT2D eigenvalue weighted by Gasteiger charge is 2.31. The predicted octanol–water partition coefficient (Wildman–Crippen LogP) is 0.716. The molecule has 2 aromatic rings. The number of aromatic amines is 1. The first-order valence-corrected chi connectivity index (χ1v) is 8.86. The van der Waals surface area contributed by atoms with Gasteiger partial charge in [0.05, 0.1) is 5.70 Å². The standard InChI is InChI=1S/C18H22N10O/c1-5-20-18(29)22-11(3)21-16-14(13(19)12-8-6-7-10(2)9-12)23-17(28(16)4)15-24-26-27-25-15/h6-9H,3,5,19H2,1-2,4H3,(H2,20,22,29)(H,24,25,26,27)/b14-13+,21-16+. The van der Waals surface area contributed by atoms with Gasteiger partial charge in [0.1, 0.15) is 11.5 Å². The van der Waals surface area contributed by atoms with E-state index in [1.807, 2.05) is 38.1 Å². The molecule has 0 bridgehead atoms. The van der Waals surface area contributed by atoms with Gasteiger partial charge in [-0.2, -0.15) is 0 Å². The largest absolute Gasteiger partial charge is 0.396 e. The summed E-state index contributed by atoms with van der Waals surface area (Å²) in [4.78, 5) is 22.5. The Kier molecular flexibility index (Phi) is 5.67. The van der Waals surface area contributed by atoms with E-state index in [4.69, 9.17) is 5.73 Å². The molecule has 0 saturated carbocycles. The zero-order chi connectivity index (χ0) is 21.0. The number of nitrogens with one attached hydrogen (secondary N) is 3. The van der Waals surface area contributed by atoms with E-state index in [1.54, 1.807) is 11.9 Å². The van der Waals surface area contributed by atoms with Crippen LogP contribution in [0.25, 0.3) is 5.70 Å². The summed E-state index contributed by atoms with van der Waals surface area (Å²) in [5.41, 5.74) is 9.13. The van der Waals surface area contributed by atoms with Crippen molar-refractivity contribution in [2.45, 2.75) is 13.8 Å². The molecule has 0 unspecified atom stereocenters. The number of hydrogen-bond acceptors (Lipinski definition) is 7. The van der Waals surface area contributed by atoms with E-state index in [9.17, 15) is 4.79 Å². The van der Waals surface area contributed by atoms with Crippen LogP contribution in [0.15, 0.2) is 52.3 Å². The van der Waals surface area contributed by atoms with Gasteiger partial charge < -0.3 is 16.0 Å². The van der Waals surface area contributed by atoms with Gasteiger partial charge in [0.15, 0.2) is 11.7 Å². The summed E-state index contributed by atoms with van der Waals surface area (Å²) in [6.07, 6.45) is 0. The second-order valence-corrected chi connectivity index (χ2v) is 6.24. The maximum absolute atomic E-state index is 11.8. The molecule has 150 valence electrons. The fraction of sp³-hybridized carbons (Fsp3) is 0.222. The summed E-state index contributed by atoms with van der Waals surface area (Å²) in [7, 11) is 1.75. The van der Waals surface area contributed by atoms with Crippen molar-refractivity contribution in [1.29, 1.82) is 0 Å². The molecule has 11 nitrogen and oxygen atoms in total. The number of carbonyl (C=O) groups is 1. The van der Waals surface area contributed by atoms with Gasteiger partial charge in [0.2, 0.25) is 5.82 Å². The number of benzene rings is 1. The molecule has 1 aliphatic heterocycles. The Balaban J connectivity index is 2.05. The lowest BCUT2D eigenvalue weighted by Gasteiger charge is -2.15. The zero-order valence-corrected chi connectivity index (χ0v) is 16.4. The fourth-order valence-corrected chi connectivity index (χ4v) is 2.71. The number of rotatable bonds is 5. The summed E-state index contributed by atoms with van der Waals surface area (Å²) in [5, 5.41) is 18.9. The van der Waals surface area contributed by atoms with Gasteiger partial charge >= 0.3 is 6.03 Å². The van der Waals surface area contributed by atoms with E-state index in [-0.39, 0.29) is 5.82 Å². The van der Waals surface area contributed by atoms with Crippen molar-refractivity contribution in [1.82, 2.24) is 36.2 Å². The molecule has 0 saturated heterocycles. The predicted molar refractivity (Wildman–Crippen MR) is 110 cm³/mol. The molecule has 0 aliphatic carbocycles. The van der Waals surface area contributed by atoms with Crippen molar-refractivity contribution in [3.63, 3.8) is 0 Å². The summed E-state index contributed by atoms with van der Waals surface area (Å²) >= 11 is 0. The molecule has 3 rings (SSSR count). The average Bonchev–Trinajstić information content (AvgIpc) is 3.30. The third-order valence-corrected chi connectivity index (χ3v) is 4.04. The highest BCUT2D eigenvalue weighted by Crippen LogP contribution is 2.25. The van der Waals surface area contributed by atoms with Crippen LogP contribution < -0.4 is 16.4 Å². The number of likely N-dealkylation sites (N-methyl/N-ethyl adjacent to an activating group) is 1. The molecule has 11 heteroatoms. The molecular weight excluding hydrogens is 372 g/mol. The van der Waals surface area contributed by atoms with E-state index in [1.165, 1.54) is 0 Å². The number of nitrogens with two attached hydrogens (primary N) is 1. The number of amides is 2. The molecular formula is C18H22N10O. The van der Waals surface area contributed by atoms with Gasteiger partial charge in [-0.05, 0) is 35.9 Å².